The smallest absolute Gasteiger partial charge is 0.291 e. The molecular weight excluding hydrogens is 404 g/mol. The summed E-state index contributed by atoms with van der Waals surface area (Å²) in [7, 11) is 0. The van der Waals surface area contributed by atoms with E-state index in [1.165, 1.54) is 4.90 Å². The van der Waals surface area contributed by atoms with Crippen LogP contribution in [0.4, 0.5) is 0 Å². The fraction of sp³-hybridized carbons (Fsp3) is 0.227. The number of imidazole rings is 1. The Morgan fingerprint density at radius 2 is 1.83 bits per heavy atom. The van der Waals surface area contributed by atoms with Crippen molar-refractivity contribution in [3.05, 3.63) is 83.7 Å². The molecule has 0 saturated carbocycles. The molecular formula is C22H19ClN4O3. The van der Waals surface area contributed by atoms with Crippen molar-refractivity contribution in [2.24, 2.45) is 5.92 Å². The number of aromatic nitrogens is 3. The second-order valence-corrected chi connectivity index (χ2v) is 7.53. The van der Waals surface area contributed by atoms with Gasteiger partial charge in [-0.2, -0.15) is 0 Å². The summed E-state index contributed by atoms with van der Waals surface area (Å²) in [5.41, 5.74) is 1.01. The van der Waals surface area contributed by atoms with Crippen LogP contribution in [-0.4, -0.2) is 43.5 Å². The summed E-state index contributed by atoms with van der Waals surface area (Å²) < 4.78 is 1.90. The maximum absolute atomic E-state index is 13.2. The van der Waals surface area contributed by atoms with E-state index in [1.807, 2.05) is 10.8 Å². The molecule has 0 aliphatic carbocycles. The topological polar surface area (TPSA) is 85.2 Å². The summed E-state index contributed by atoms with van der Waals surface area (Å²) in [5.74, 6) is -2.83. The van der Waals surface area contributed by atoms with E-state index < -0.39 is 29.4 Å². The zero-order valence-electron chi connectivity index (χ0n) is 16.0. The molecule has 3 heterocycles. The van der Waals surface area contributed by atoms with Crippen LogP contribution in [0.5, 0.6) is 0 Å². The molecule has 1 aromatic carbocycles. The van der Waals surface area contributed by atoms with Gasteiger partial charge in [0.15, 0.2) is 5.78 Å². The fourth-order valence-electron chi connectivity index (χ4n) is 3.79. The van der Waals surface area contributed by atoms with Gasteiger partial charge in [0.25, 0.3) is 5.91 Å². The van der Waals surface area contributed by atoms with E-state index in [0.717, 1.165) is 0 Å². The van der Waals surface area contributed by atoms with Crippen molar-refractivity contribution in [1.29, 1.82) is 0 Å². The van der Waals surface area contributed by atoms with Crippen molar-refractivity contribution in [2.75, 3.05) is 6.54 Å². The molecule has 0 spiro atoms. The lowest BCUT2D eigenvalue weighted by molar-refractivity contribution is -0.140. The van der Waals surface area contributed by atoms with Crippen LogP contribution in [0.2, 0.25) is 5.02 Å². The fourth-order valence-corrected chi connectivity index (χ4v) is 3.91. The van der Waals surface area contributed by atoms with Gasteiger partial charge in [0.2, 0.25) is 5.78 Å². The average molecular weight is 423 g/mol. The third-order valence-electron chi connectivity index (χ3n) is 5.22. The van der Waals surface area contributed by atoms with Crippen LogP contribution in [-0.2, 0) is 16.1 Å². The highest BCUT2D eigenvalue weighted by Gasteiger charge is 2.51. The molecule has 7 nitrogen and oxygen atoms in total. The Labute approximate surface area is 178 Å². The number of benzene rings is 1. The number of pyridine rings is 1. The van der Waals surface area contributed by atoms with Gasteiger partial charge < -0.3 is 9.47 Å². The number of rotatable bonds is 7. The highest BCUT2D eigenvalue weighted by molar-refractivity contribution is 6.44. The number of Topliss-reactive ketones (excluding diaryl/α,β-unsaturated/α-hetero) is 2. The first-order chi connectivity index (χ1) is 14.6. The Balaban J connectivity index is 1.64. The molecule has 152 valence electrons. The van der Waals surface area contributed by atoms with Crippen molar-refractivity contribution < 1.29 is 14.4 Å². The van der Waals surface area contributed by atoms with E-state index in [9.17, 15) is 14.4 Å². The molecule has 1 fully saturated rings. The summed E-state index contributed by atoms with van der Waals surface area (Å²) in [6.45, 7) is 0.986. The SMILES string of the molecule is O=C1C(=O)N(CCCn2ccnc2)C(c2cccnc2)C1C(=O)c1ccc(Cl)cc1. The van der Waals surface area contributed by atoms with Crippen LogP contribution < -0.4 is 0 Å². The van der Waals surface area contributed by atoms with E-state index in [0.29, 0.717) is 35.7 Å². The number of ketones is 2. The predicted octanol–water partition coefficient (Wildman–Crippen LogP) is 2.97. The maximum atomic E-state index is 13.2. The molecule has 30 heavy (non-hydrogen) atoms. The molecule has 0 bridgehead atoms. The molecule has 4 rings (SSSR count). The first-order valence-electron chi connectivity index (χ1n) is 9.56. The minimum Gasteiger partial charge on any atom is -0.337 e. The predicted molar refractivity (Wildman–Crippen MR) is 110 cm³/mol. The van der Waals surface area contributed by atoms with Crippen molar-refractivity contribution in [3.8, 4) is 0 Å². The zero-order chi connectivity index (χ0) is 21.1. The van der Waals surface area contributed by atoms with Gasteiger partial charge in [0, 0.05) is 48.5 Å². The van der Waals surface area contributed by atoms with Gasteiger partial charge in [0.05, 0.1) is 12.4 Å². The molecule has 2 atom stereocenters. The average Bonchev–Trinajstić information content (AvgIpc) is 3.37. The Morgan fingerprint density at radius 1 is 1.03 bits per heavy atom. The molecule has 8 heteroatoms. The van der Waals surface area contributed by atoms with Gasteiger partial charge in [0.1, 0.15) is 5.92 Å². The second kappa shape index (κ2) is 8.59. The number of likely N-dealkylation sites (tertiary alicyclic amines) is 1. The van der Waals surface area contributed by atoms with Gasteiger partial charge in [-0.3, -0.25) is 19.4 Å². The van der Waals surface area contributed by atoms with Crippen molar-refractivity contribution in [1.82, 2.24) is 19.4 Å². The Hall–Kier alpha value is -3.32. The van der Waals surface area contributed by atoms with Crippen LogP contribution in [0.25, 0.3) is 0 Å². The molecule has 1 saturated heterocycles. The molecule has 1 aliphatic heterocycles. The van der Waals surface area contributed by atoms with E-state index in [1.54, 1.807) is 61.3 Å². The van der Waals surface area contributed by atoms with Crippen LogP contribution in [0.1, 0.15) is 28.4 Å². The molecule has 1 amide bonds. The van der Waals surface area contributed by atoms with Crippen LogP contribution in [0.15, 0.2) is 67.5 Å². The number of aryl methyl sites for hydroxylation is 1. The third kappa shape index (κ3) is 3.89. The minimum absolute atomic E-state index is 0.340. The highest BCUT2D eigenvalue weighted by Crippen LogP contribution is 2.38. The lowest BCUT2D eigenvalue weighted by atomic mass is 9.87. The quantitative estimate of drug-likeness (QED) is 0.332. The molecule has 2 unspecified atom stereocenters. The van der Waals surface area contributed by atoms with Gasteiger partial charge >= 0.3 is 0 Å². The summed E-state index contributed by atoms with van der Waals surface area (Å²) in [4.78, 5) is 48.6. The largest absolute Gasteiger partial charge is 0.337 e. The Morgan fingerprint density at radius 3 is 2.50 bits per heavy atom. The monoisotopic (exact) mass is 422 g/mol. The van der Waals surface area contributed by atoms with E-state index in [4.69, 9.17) is 11.6 Å². The maximum Gasteiger partial charge on any atom is 0.291 e. The number of amides is 1. The number of halogens is 1. The van der Waals surface area contributed by atoms with Gasteiger partial charge in [-0.05, 0) is 42.3 Å². The zero-order valence-corrected chi connectivity index (χ0v) is 16.8. The van der Waals surface area contributed by atoms with Gasteiger partial charge in [-0.25, -0.2) is 4.98 Å². The molecule has 0 N–H and O–H groups in total. The minimum atomic E-state index is -1.11. The molecule has 0 radical (unpaired) electrons. The first kappa shape index (κ1) is 20.0. The summed E-state index contributed by atoms with van der Waals surface area (Å²) in [6, 6.07) is 9.17. The summed E-state index contributed by atoms with van der Waals surface area (Å²) in [5, 5.41) is 0.491. The van der Waals surface area contributed by atoms with E-state index >= 15 is 0 Å². The number of carbonyl (C=O) groups excluding carboxylic acids is 3. The van der Waals surface area contributed by atoms with Crippen LogP contribution in [0, 0.1) is 5.92 Å². The van der Waals surface area contributed by atoms with Gasteiger partial charge in [-0.15, -0.1) is 0 Å². The molecule has 3 aromatic rings. The normalized spacial score (nSPS) is 18.8. The lowest BCUT2D eigenvalue weighted by Gasteiger charge is -2.27. The highest BCUT2D eigenvalue weighted by atomic mass is 35.5. The number of hydrogen-bond acceptors (Lipinski definition) is 5. The summed E-state index contributed by atoms with van der Waals surface area (Å²) in [6.07, 6.45) is 9.05. The summed E-state index contributed by atoms with van der Waals surface area (Å²) >= 11 is 5.92. The van der Waals surface area contributed by atoms with Crippen LogP contribution >= 0.6 is 11.6 Å². The lowest BCUT2D eigenvalue weighted by Crippen LogP contribution is -2.32. The standard InChI is InChI=1S/C22H19ClN4O3/c23-17-6-4-15(5-7-17)20(28)18-19(16-3-1-8-24-13-16)27(22(30)21(18)29)11-2-10-26-12-9-25-14-26/h1,3-9,12-14,18-19H,2,10-11H2. The van der Waals surface area contributed by atoms with E-state index in [2.05, 4.69) is 9.97 Å². The van der Waals surface area contributed by atoms with Crippen LogP contribution in [0.3, 0.4) is 0 Å². The Kier molecular flexibility index (Phi) is 5.72. The number of nitrogens with zero attached hydrogens (tertiary/aromatic N) is 4. The van der Waals surface area contributed by atoms with Crippen molar-refractivity contribution >= 4 is 29.1 Å². The van der Waals surface area contributed by atoms with Crippen molar-refractivity contribution in [3.63, 3.8) is 0 Å². The van der Waals surface area contributed by atoms with Crippen molar-refractivity contribution in [2.45, 2.75) is 19.0 Å². The van der Waals surface area contributed by atoms with Gasteiger partial charge in [-0.1, -0.05) is 17.7 Å². The molecule has 2 aromatic heterocycles. The number of hydrogen-bond donors (Lipinski definition) is 0. The number of carbonyl (C=O) groups is 3. The first-order valence-corrected chi connectivity index (χ1v) is 9.94. The second-order valence-electron chi connectivity index (χ2n) is 7.10. The van der Waals surface area contributed by atoms with E-state index in [-0.39, 0.29) is 0 Å². The Bertz CT molecular complexity index is 1050. The molecule has 1 aliphatic rings. The third-order valence-corrected chi connectivity index (χ3v) is 5.47.